The molecule has 2 atom stereocenters. The van der Waals surface area contributed by atoms with Crippen LogP contribution in [-0.4, -0.2) is 102 Å². The Labute approximate surface area is 277 Å². The first-order valence-corrected chi connectivity index (χ1v) is 16.9. The molecule has 9 nitrogen and oxygen atoms in total. The van der Waals surface area contributed by atoms with Crippen LogP contribution in [-0.2, 0) is 23.7 Å². The Balaban J connectivity index is 6.74. The van der Waals surface area contributed by atoms with E-state index in [1.165, 1.54) is 0 Å². The smallest absolute Gasteiger partial charge is 0.0783 e. The summed E-state index contributed by atoms with van der Waals surface area (Å²) in [6.07, 6.45) is 1.99. The number of ether oxygens (including phenoxy) is 5. The lowest BCUT2D eigenvalue weighted by Gasteiger charge is -2.56. The van der Waals surface area contributed by atoms with Crippen LogP contribution in [0, 0.1) is 16.2 Å². The normalized spacial score (nSPS) is 16.6. The van der Waals surface area contributed by atoms with Gasteiger partial charge in [0.25, 0.3) is 0 Å². The summed E-state index contributed by atoms with van der Waals surface area (Å²) in [6.45, 7) is 32.9. The van der Waals surface area contributed by atoms with Gasteiger partial charge >= 0.3 is 0 Å². The minimum absolute atomic E-state index is 0.212. The summed E-state index contributed by atoms with van der Waals surface area (Å²) in [7, 11) is 0. The van der Waals surface area contributed by atoms with Gasteiger partial charge in [0.2, 0.25) is 0 Å². The largest absolute Gasteiger partial charge is 0.390 e. The van der Waals surface area contributed by atoms with Crippen molar-refractivity contribution >= 4 is 0 Å². The fourth-order valence-corrected chi connectivity index (χ4v) is 5.54. The molecule has 0 rings (SSSR count). The molecular weight excluding hydrogens is 574 g/mol. The van der Waals surface area contributed by atoms with Gasteiger partial charge < -0.3 is 44.7 Å². The molecule has 0 radical (unpaired) electrons. The van der Waals surface area contributed by atoms with Crippen molar-refractivity contribution in [3.63, 3.8) is 0 Å². The van der Waals surface area contributed by atoms with E-state index in [4.69, 9.17) is 29.4 Å². The highest BCUT2D eigenvalue weighted by Crippen LogP contribution is 2.51. The molecule has 0 spiro atoms. The van der Waals surface area contributed by atoms with Crippen LogP contribution in [0.15, 0.2) is 0 Å². The summed E-state index contributed by atoms with van der Waals surface area (Å²) in [5.41, 5.74) is 1.94. The predicted octanol–water partition coefficient (Wildman–Crippen LogP) is 5.89. The van der Waals surface area contributed by atoms with Crippen molar-refractivity contribution in [1.29, 1.82) is 0 Å². The molecule has 0 saturated carbocycles. The van der Waals surface area contributed by atoms with Crippen LogP contribution >= 0.6 is 0 Å². The molecule has 0 heterocycles. The molecule has 0 aromatic carbocycles. The number of nitrogens with two attached hydrogens (primary N) is 1. The van der Waals surface area contributed by atoms with Crippen molar-refractivity contribution in [2.24, 2.45) is 22.0 Å². The molecule has 5 N–H and O–H groups in total. The summed E-state index contributed by atoms with van der Waals surface area (Å²) in [4.78, 5) is 0. The number of aliphatic hydroxyl groups is 3. The molecule has 0 aliphatic heterocycles. The van der Waals surface area contributed by atoms with Crippen LogP contribution < -0.4 is 5.73 Å². The van der Waals surface area contributed by atoms with Crippen LogP contribution in [0.25, 0.3) is 0 Å². The van der Waals surface area contributed by atoms with E-state index in [0.29, 0.717) is 78.5 Å². The second-order valence-corrected chi connectivity index (χ2v) is 17.8. The molecule has 2 unspecified atom stereocenters. The third kappa shape index (κ3) is 18.1. The Morgan fingerprint density at radius 3 is 1.47 bits per heavy atom. The topological polar surface area (TPSA) is 133 Å². The first-order chi connectivity index (χ1) is 20.0. The maximum absolute atomic E-state index is 10.4. The van der Waals surface area contributed by atoms with E-state index < -0.39 is 44.9 Å². The van der Waals surface area contributed by atoms with Gasteiger partial charge in [-0.2, -0.15) is 0 Å². The van der Waals surface area contributed by atoms with Crippen molar-refractivity contribution in [1.82, 2.24) is 0 Å². The Morgan fingerprint density at radius 1 is 0.556 bits per heavy atom. The third-order valence-electron chi connectivity index (χ3n) is 8.70. The molecule has 0 amide bonds. The highest BCUT2D eigenvalue weighted by Gasteiger charge is 2.57. The summed E-state index contributed by atoms with van der Waals surface area (Å²) in [5.74, 6) is 0. The standard InChI is InChI=1S/C36H75NO8/c1-16-41-24-29(2,3)25-43-27-36(23-34(12,13)44-21-18-32(8,9)39,30(4,5)26-42-20-17-31(6,7)38)28(37)35(14,15)45-22-19-33(10,11)40/h28,38-40H,16-27,37H2,1-15H3. The van der Waals surface area contributed by atoms with Crippen LogP contribution in [0.2, 0.25) is 0 Å². The molecule has 0 aliphatic carbocycles. The van der Waals surface area contributed by atoms with Gasteiger partial charge in [0.1, 0.15) is 0 Å². The molecule has 0 bridgehead atoms. The van der Waals surface area contributed by atoms with Crippen molar-refractivity contribution in [3.05, 3.63) is 0 Å². The van der Waals surface area contributed by atoms with Crippen molar-refractivity contribution in [3.8, 4) is 0 Å². The molecule has 0 saturated heterocycles. The maximum atomic E-state index is 10.4. The van der Waals surface area contributed by atoms with Crippen molar-refractivity contribution in [2.75, 3.05) is 52.9 Å². The minimum Gasteiger partial charge on any atom is -0.390 e. The molecule has 0 fully saturated rings. The van der Waals surface area contributed by atoms with E-state index in [0.717, 1.165) is 0 Å². The SMILES string of the molecule is CCOCC(C)(C)COCC(CC(C)(C)OCCC(C)(C)O)(C(N)C(C)(C)OCCC(C)(C)O)C(C)(C)COCCC(C)(C)O. The van der Waals surface area contributed by atoms with Gasteiger partial charge in [-0.15, -0.1) is 0 Å². The maximum Gasteiger partial charge on any atom is 0.0783 e. The quantitative estimate of drug-likeness (QED) is 0.0895. The van der Waals surface area contributed by atoms with Crippen molar-refractivity contribution in [2.45, 2.75) is 164 Å². The molecule has 0 aromatic rings. The average Bonchev–Trinajstić information content (AvgIpc) is 2.81. The zero-order valence-electron chi connectivity index (χ0n) is 32.0. The second-order valence-electron chi connectivity index (χ2n) is 17.8. The molecule has 272 valence electrons. The van der Waals surface area contributed by atoms with Crippen LogP contribution in [0.5, 0.6) is 0 Å². The zero-order chi connectivity index (χ0) is 35.6. The zero-order valence-corrected chi connectivity index (χ0v) is 32.0. The lowest BCUT2D eigenvalue weighted by atomic mass is 9.55. The Kier molecular flexibility index (Phi) is 17.2. The average molecular weight is 650 g/mol. The second kappa shape index (κ2) is 17.3. The molecule has 9 heteroatoms. The highest BCUT2D eigenvalue weighted by atomic mass is 16.5. The van der Waals surface area contributed by atoms with E-state index in [1.807, 2.05) is 20.8 Å². The third-order valence-corrected chi connectivity index (χ3v) is 8.70. The fraction of sp³-hybridized carbons (Fsp3) is 1.00. The summed E-state index contributed by atoms with van der Waals surface area (Å²) in [6, 6.07) is -0.535. The minimum atomic E-state index is -0.865. The van der Waals surface area contributed by atoms with E-state index in [9.17, 15) is 15.3 Å². The van der Waals surface area contributed by atoms with Crippen LogP contribution in [0.1, 0.15) is 130 Å². The fourth-order valence-electron chi connectivity index (χ4n) is 5.54. The Morgan fingerprint density at radius 2 is 1.00 bits per heavy atom. The van der Waals surface area contributed by atoms with Gasteiger partial charge in [0.15, 0.2) is 0 Å². The number of hydrogen-bond donors (Lipinski definition) is 4. The first-order valence-electron chi connectivity index (χ1n) is 16.9. The van der Waals surface area contributed by atoms with Gasteiger partial charge in [-0.25, -0.2) is 0 Å². The molecule has 45 heavy (non-hydrogen) atoms. The predicted molar refractivity (Wildman–Crippen MR) is 184 cm³/mol. The number of rotatable bonds is 25. The summed E-state index contributed by atoms with van der Waals surface area (Å²) < 4.78 is 31.6. The Bertz CT molecular complexity index is 820. The first kappa shape index (κ1) is 44.6. The van der Waals surface area contributed by atoms with Crippen LogP contribution in [0.3, 0.4) is 0 Å². The molecular formula is C36H75NO8. The highest BCUT2D eigenvalue weighted by molar-refractivity contribution is 5.08. The summed E-state index contributed by atoms with van der Waals surface area (Å²) in [5, 5.41) is 31.0. The van der Waals surface area contributed by atoms with Gasteiger partial charge in [-0.05, 0) is 107 Å². The van der Waals surface area contributed by atoms with E-state index in [-0.39, 0.29) is 5.41 Å². The van der Waals surface area contributed by atoms with Crippen molar-refractivity contribution < 1.29 is 39.0 Å². The number of hydrogen-bond acceptors (Lipinski definition) is 9. The van der Waals surface area contributed by atoms with Gasteiger partial charge in [0, 0.05) is 30.1 Å². The van der Waals surface area contributed by atoms with E-state index in [2.05, 4.69) is 41.5 Å². The lowest BCUT2D eigenvalue weighted by Crippen LogP contribution is -2.66. The van der Waals surface area contributed by atoms with Gasteiger partial charge in [-0.3, -0.25) is 0 Å². The van der Waals surface area contributed by atoms with Gasteiger partial charge in [-0.1, -0.05) is 27.7 Å². The monoisotopic (exact) mass is 650 g/mol. The van der Waals surface area contributed by atoms with E-state index in [1.54, 1.807) is 41.5 Å². The Hall–Kier alpha value is -0.360. The summed E-state index contributed by atoms with van der Waals surface area (Å²) >= 11 is 0. The van der Waals surface area contributed by atoms with E-state index >= 15 is 0 Å². The molecule has 0 aromatic heterocycles. The lowest BCUT2D eigenvalue weighted by molar-refractivity contribution is -0.182. The van der Waals surface area contributed by atoms with Gasteiger partial charge in [0.05, 0.1) is 67.6 Å². The molecule has 0 aliphatic rings. The van der Waals surface area contributed by atoms with Crippen LogP contribution in [0.4, 0.5) is 0 Å².